The van der Waals surface area contributed by atoms with Crippen LogP contribution in [0.25, 0.3) is 0 Å². The Bertz CT molecular complexity index is 82.0. The summed E-state index contributed by atoms with van der Waals surface area (Å²) in [6.07, 6.45) is 0. The van der Waals surface area contributed by atoms with Crippen LogP contribution in [0.1, 0.15) is 0 Å². The SMILES string of the molecule is NCCNCCN.NCCNCCN.O.[Cl-].[Cl-].[Co+2]. The van der Waals surface area contributed by atoms with Crippen LogP contribution in [0.5, 0.6) is 0 Å². The third kappa shape index (κ3) is 54.1. The number of rotatable bonds is 8. The van der Waals surface area contributed by atoms with Crippen LogP contribution in [-0.2, 0) is 16.8 Å². The molecule has 0 saturated heterocycles. The molecule has 0 aliphatic rings. The molecule has 10 heteroatoms. The molecule has 0 bridgehead atoms. The van der Waals surface area contributed by atoms with Gasteiger partial charge in [0.05, 0.1) is 0 Å². The fraction of sp³-hybridized carbons (Fsp3) is 1.00. The summed E-state index contributed by atoms with van der Waals surface area (Å²) in [6.45, 7) is 6.27. The van der Waals surface area contributed by atoms with E-state index in [4.69, 9.17) is 22.9 Å². The molecule has 0 unspecified atom stereocenters. The average molecular weight is 354 g/mol. The van der Waals surface area contributed by atoms with Crippen molar-refractivity contribution in [3.8, 4) is 0 Å². The van der Waals surface area contributed by atoms with Gasteiger partial charge in [-0.25, -0.2) is 0 Å². The topological polar surface area (TPSA) is 160 Å². The molecule has 0 aromatic rings. The average Bonchev–Trinajstić information content (AvgIpc) is 2.21. The van der Waals surface area contributed by atoms with Crippen LogP contribution in [0.15, 0.2) is 0 Å². The Morgan fingerprint density at radius 3 is 0.833 bits per heavy atom. The van der Waals surface area contributed by atoms with Gasteiger partial charge in [0.2, 0.25) is 0 Å². The first-order valence-corrected chi connectivity index (χ1v) is 5.05. The molecule has 0 aliphatic heterocycles. The second kappa shape index (κ2) is 43.1. The van der Waals surface area contributed by atoms with E-state index in [0.29, 0.717) is 26.2 Å². The van der Waals surface area contributed by atoms with E-state index in [1.165, 1.54) is 0 Å². The van der Waals surface area contributed by atoms with Crippen LogP contribution >= 0.6 is 0 Å². The molecule has 7 nitrogen and oxygen atoms in total. The molecule has 0 spiro atoms. The van der Waals surface area contributed by atoms with E-state index in [1.54, 1.807) is 0 Å². The molecule has 18 heavy (non-hydrogen) atoms. The summed E-state index contributed by atoms with van der Waals surface area (Å²) in [5, 5.41) is 6.07. The predicted octanol–water partition coefficient (Wildman–Crippen LogP) is -9.83. The minimum Gasteiger partial charge on any atom is -1.00 e. The van der Waals surface area contributed by atoms with Crippen molar-refractivity contribution in [2.45, 2.75) is 0 Å². The van der Waals surface area contributed by atoms with Crippen molar-refractivity contribution >= 4 is 0 Å². The summed E-state index contributed by atoms with van der Waals surface area (Å²) in [7, 11) is 0. The molecule has 0 amide bonds. The van der Waals surface area contributed by atoms with E-state index in [-0.39, 0.29) is 47.1 Å². The molecule has 0 heterocycles. The van der Waals surface area contributed by atoms with Gasteiger partial charge in [0.25, 0.3) is 0 Å². The summed E-state index contributed by atoms with van der Waals surface area (Å²) < 4.78 is 0. The van der Waals surface area contributed by atoms with Crippen molar-refractivity contribution in [1.29, 1.82) is 0 Å². The zero-order chi connectivity index (χ0) is 11.1. The fourth-order valence-corrected chi connectivity index (χ4v) is 0.658. The standard InChI is InChI=1S/2C4H13N3.2ClH.Co.H2O/c2*5-1-3-7-4-2-6;;;;/h2*7H,1-6H2;2*1H;;1H2/q;;;;+2;/p-2. The van der Waals surface area contributed by atoms with Gasteiger partial charge in [-0.05, 0) is 0 Å². The van der Waals surface area contributed by atoms with Crippen LogP contribution in [-0.4, -0.2) is 57.8 Å². The largest absolute Gasteiger partial charge is 2.00 e. The first-order valence-electron chi connectivity index (χ1n) is 5.05. The number of hydrogen-bond donors (Lipinski definition) is 6. The summed E-state index contributed by atoms with van der Waals surface area (Å²) in [5.74, 6) is 0. The minimum atomic E-state index is 0. The van der Waals surface area contributed by atoms with Crippen molar-refractivity contribution in [2.75, 3.05) is 52.4 Å². The van der Waals surface area contributed by atoms with Crippen LogP contribution in [0.4, 0.5) is 0 Å². The van der Waals surface area contributed by atoms with Crippen molar-refractivity contribution < 1.29 is 47.1 Å². The number of nitrogens with one attached hydrogen (secondary N) is 2. The Balaban J connectivity index is -0.0000000327. The number of halogens is 2. The van der Waals surface area contributed by atoms with Gasteiger partial charge < -0.3 is 63.9 Å². The van der Waals surface area contributed by atoms with Gasteiger partial charge in [-0.3, -0.25) is 0 Å². The van der Waals surface area contributed by atoms with Crippen molar-refractivity contribution in [3.05, 3.63) is 0 Å². The van der Waals surface area contributed by atoms with Crippen molar-refractivity contribution in [3.63, 3.8) is 0 Å². The molecule has 12 N–H and O–H groups in total. The maximum Gasteiger partial charge on any atom is 2.00 e. The quantitative estimate of drug-likeness (QED) is 0.237. The molecule has 0 rings (SSSR count). The zero-order valence-electron chi connectivity index (χ0n) is 10.6. The molecular weight excluding hydrogens is 326 g/mol. The zero-order valence-corrected chi connectivity index (χ0v) is 13.1. The van der Waals surface area contributed by atoms with E-state index in [2.05, 4.69) is 10.6 Å². The second-order valence-electron chi connectivity index (χ2n) is 2.65. The van der Waals surface area contributed by atoms with Gasteiger partial charge in [-0.2, -0.15) is 0 Å². The number of nitrogens with two attached hydrogens (primary N) is 4. The Kier molecular flexibility index (Phi) is 87.0. The van der Waals surface area contributed by atoms with E-state index in [0.717, 1.165) is 26.2 Å². The van der Waals surface area contributed by atoms with Crippen LogP contribution in [0.2, 0.25) is 0 Å². The van der Waals surface area contributed by atoms with Crippen molar-refractivity contribution in [2.24, 2.45) is 22.9 Å². The molecule has 0 saturated carbocycles. The van der Waals surface area contributed by atoms with Crippen molar-refractivity contribution in [1.82, 2.24) is 10.6 Å². The summed E-state index contributed by atoms with van der Waals surface area (Å²) >= 11 is 0. The van der Waals surface area contributed by atoms with Gasteiger partial charge in [0, 0.05) is 52.4 Å². The van der Waals surface area contributed by atoms with Crippen LogP contribution < -0.4 is 58.4 Å². The molecule has 1 radical (unpaired) electrons. The molecule has 0 fully saturated rings. The Morgan fingerprint density at radius 2 is 0.722 bits per heavy atom. The molecule has 0 aromatic carbocycles. The normalized spacial score (nSPS) is 7.33. The molecule has 0 atom stereocenters. The van der Waals surface area contributed by atoms with Crippen LogP contribution in [0.3, 0.4) is 0 Å². The summed E-state index contributed by atoms with van der Waals surface area (Å²) in [5.41, 5.74) is 20.7. The van der Waals surface area contributed by atoms with E-state index < -0.39 is 0 Å². The minimum absolute atomic E-state index is 0. The van der Waals surface area contributed by atoms with Gasteiger partial charge in [0.1, 0.15) is 0 Å². The predicted molar refractivity (Wildman–Crippen MR) is 65.6 cm³/mol. The second-order valence-corrected chi connectivity index (χ2v) is 2.65. The molecule has 0 aliphatic carbocycles. The monoisotopic (exact) mass is 353 g/mol. The third-order valence-corrected chi connectivity index (χ3v) is 1.28. The number of hydrogen-bond acceptors (Lipinski definition) is 6. The Morgan fingerprint density at radius 1 is 0.556 bits per heavy atom. The van der Waals surface area contributed by atoms with Gasteiger partial charge in [0.15, 0.2) is 0 Å². The van der Waals surface area contributed by atoms with Gasteiger partial charge >= 0.3 is 16.8 Å². The molecular formula is C8H28Cl2CoN6O. The molecule has 119 valence electrons. The Labute approximate surface area is 133 Å². The van der Waals surface area contributed by atoms with Gasteiger partial charge in [-0.1, -0.05) is 0 Å². The summed E-state index contributed by atoms with van der Waals surface area (Å²) in [6, 6.07) is 0. The third-order valence-electron chi connectivity index (χ3n) is 1.28. The van der Waals surface area contributed by atoms with Crippen LogP contribution in [0, 0.1) is 0 Å². The first-order chi connectivity index (χ1) is 6.83. The van der Waals surface area contributed by atoms with Gasteiger partial charge in [-0.15, -0.1) is 0 Å². The first kappa shape index (κ1) is 36.4. The van der Waals surface area contributed by atoms with E-state index in [9.17, 15) is 0 Å². The van der Waals surface area contributed by atoms with E-state index >= 15 is 0 Å². The smallest absolute Gasteiger partial charge is 1.00 e. The maximum atomic E-state index is 5.17. The molecule has 0 aromatic heterocycles. The maximum absolute atomic E-state index is 5.17. The Hall–Kier alpha value is 0.806. The van der Waals surface area contributed by atoms with E-state index in [1.807, 2.05) is 0 Å². The fourth-order valence-electron chi connectivity index (χ4n) is 0.658. The summed E-state index contributed by atoms with van der Waals surface area (Å²) in [4.78, 5) is 0.